The van der Waals surface area contributed by atoms with Crippen LogP contribution >= 0.6 is 0 Å². The summed E-state index contributed by atoms with van der Waals surface area (Å²) in [6, 6.07) is 7.66. The van der Waals surface area contributed by atoms with Crippen molar-refractivity contribution < 1.29 is 9.53 Å². The highest BCUT2D eigenvalue weighted by molar-refractivity contribution is 5.94. The number of ether oxygens (including phenoxy) is 1. The summed E-state index contributed by atoms with van der Waals surface area (Å²) in [4.78, 5) is 14.5. The van der Waals surface area contributed by atoms with Crippen LogP contribution in [-0.2, 0) is 0 Å². The molecular weight excluding hydrogens is 300 g/mol. The first-order valence-electron chi connectivity index (χ1n) is 9.48. The van der Waals surface area contributed by atoms with E-state index in [4.69, 9.17) is 10.5 Å². The molecule has 2 N–H and O–H groups in total. The first kappa shape index (κ1) is 17.3. The lowest BCUT2D eigenvalue weighted by atomic mass is 9.90. The normalized spacial score (nSPS) is 20.1. The second-order valence-corrected chi connectivity index (χ2v) is 7.31. The van der Waals surface area contributed by atoms with Gasteiger partial charge in [0.05, 0.1) is 6.61 Å². The van der Waals surface area contributed by atoms with Crippen LogP contribution in [0.1, 0.15) is 55.3 Å². The van der Waals surface area contributed by atoms with Crippen LogP contribution in [0.5, 0.6) is 5.75 Å². The van der Waals surface area contributed by atoms with Crippen molar-refractivity contribution >= 4 is 5.91 Å². The molecule has 1 aliphatic carbocycles. The summed E-state index contributed by atoms with van der Waals surface area (Å²) in [7, 11) is 0. The van der Waals surface area contributed by atoms with Crippen LogP contribution in [0.3, 0.4) is 0 Å². The van der Waals surface area contributed by atoms with Crippen molar-refractivity contribution in [2.24, 2.45) is 17.6 Å². The molecule has 2 fully saturated rings. The van der Waals surface area contributed by atoms with Crippen LogP contribution in [0.15, 0.2) is 24.3 Å². The van der Waals surface area contributed by atoms with Gasteiger partial charge in [0, 0.05) is 18.7 Å². The molecule has 0 unspecified atom stereocenters. The van der Waals surface area contributed by atoms with E-state index in [2.05, 4.69) is 0 Å². The Morgan fingerprint density at radius 1 is 1.00 bits per heavy atom. The van der Waals surface area contributed by atoms with Crippen molar-refractivity contribution in [2.45, 2.75) is 44.9 Å². The fraction of sp³-hybridized carbons (Fsp3) is 0.650. The SMILES string of the molecule is NCC1CCN(C(=O)c2ccc(OCC3CCCCC3)cc2)CC1. The Kier molecular flexibility index (Phi) is 6.13. The first-order chi connectivity index (χ1) is 11.8. The molecule has 0 bridgehead atoms. The van der Waals surface area contributed by atoms with E-state index < -0.39 is 0 Å². The molecule has 2 aliphatic rings. The molecule has 4 nitrogen and oxygen atoms in total. The monoisotopic (exact) mass is 330 g/mol. The molecule has 0 spiro atoms. The number of benzene rings is 1. The molecule has 1 saturated heterocycles. The van der Waals surface area contributed by atoms with Gasteiger partial charge in [-0.1, -0.05) is 19.3 Å². The predicted molar refractivity (Wildman–Crippen MR) is 96.2 cm³/mol. The quantitative estimate of drug-likeness (QED) is 0.899. The summed E-state index contributed by atoms with van der Waals surface area (Å²) in [6.07, 6.45) is 8.65. The van der Waals surface area contributed by atoms with Gasteiger partial charge in [0.15, 0.2) is 0 Å². The maximum atomic E-state index is 12.6. The van der Waals surface area contributed by atoms with Crippen LogP contribution in [0.25, 0.3) is 0 Å². The second-order valence-electron chi connectivity index (χ2n) is 7.31. The Morgan fingerprint density at radius 3 is 2.29 bits per heavy atom. The lowest BCUT2D eigenvalue weighted by Crippen LogP contribution is -2.40. The van der Waals surface area contributed by atoms with Gasteiger partial charge in [0.25, 0.3) is 5.91 Å². The van der Waals surface area contributed by atoms with Crippen molar-refractivity contribution in [3.8, 4) is 5.75 Å². The average Bonchev–Trinajstić information content (AvgIpc) is 2.67. The average molecular weight is 330 g/mol. The van der Waals surface area contributed by atoms with Gasteiger partial charge in [-0.25, -0.2) is 0 Å². The molecular formula is C20H30N2O2. The van der Waals surface area contributed by atoms with Crippen LogP contribution in [0, 0.1) is 11.8 Å². The van der Waals surface area contributed by atoms with Gasteiger partial charge in [-0.05, 0) is 68.3 Å². The van der Waals surface area contributed by atoms with Gasteiger partial charge in [-0.2, -0.15) is 0 Å². The van der Waals surface area contributed by atoms with E-state index in [1.165, 1.54) is 32.1 Å². The van der Waals surface area contributed by atoms with Gasteiger partial charge >= 0.3 is 0 Å². The van der Waals surface area contributed by atoms with E-state index in [0.29, 0.717) is 11.8 Å². The first-order valence-corrected chi connectivity index (χ1v) is 9.48. The van der Waals surface area contributed by atoms with E-state index in [0.717, 1.165) is 50.4 Å². The molecule has 132 valence electrons. The third kappa shape index (κ3) is 4.50. The minimum atomic E-state index is 0.129. The fourth-order valence-corrected chi connectivity index (χ4v) is 3.82. The number of hydrogen-bond acceptors (Lipinski definition) is 3. The largest absolute Gasteiger partial charge is 0.493 e. The topological polar surface area (TPSA) is 55.6 Å². The Bertz CT molecular complexity index is 515. The zero-order chi connectivity index (χ0) is 16.8. The van der Waals surface area contributed by atoms with Gasteiger partial charge in [0.1, 0.15) is 5.75 Å². The van der Waals surface area contributed by atoms with E-state index in [-0.39, 0.29) is 5.91 Å². The molecule has 1 aromatic rings. The smallest absolute Gasteiger partial charge is 0.253 e. The lowest BCUT2D eigenvalue weighted by Gasteiger charge is -2.31. The molecule has 1 amide bonds. The summed E-state index contributed by atoms with van der Waals surface area (Å²) in [5, 5.41) is 0. The third-order valence-electron chi connectivity index (χ3n) is 5.55. The number of amides is 1. The Balaban J connectivity index is 1.49. The van der Waals surface area contributed by atoms with Crippen LogP contribution in [0.4, 0.5) is 0 Å². The number of piperidine rings is 1. The summed E-state index contributed by atoms with van der Waals surface area (Å²) >= 11 is 0. The minimum Gasteiger partial charge on any atom is -0.493 e. The van der Waals surface area contributed by atoms with Crippen LogP contribution < -0.4 is 10.5 Å². The maximum Gasteiger partial charge on any atom is 0.253 e. The Labute approximate surface area is 145 Å². The molecule has 1 saturated carbocycles. The predicted octanol–water partition coefficient (Wildman–Crippen LogP) is 3.46. The van der Waals surface area contributed by atoms with Crippen molar-refractivity contribution in [1.29, 1.82) is 0 Å². The third-order valence-corrected chi connectivity index (χ3v) is 5.55. The molecule has 1 aromatic carbocycles. The molecule has 1 aliphatic heterocycles. The molecule has 0 aromatic heterocycles. The lowest BCUT2D eigenvalue weighted by molar-refractivity contribution is 0.0693. The highest BCUT2D eigenvalue weighted by Gasteiger charge is 2.22. The van der Waals surface area contributed by atoms with E-state index in [1.807, 2.05) is 29.2 Å². The maximum absolute atomic E-state index is 12.6. The molecule has 1 heterocycles. The number of nitrogens with two attached hydrogens (primary N) is 1. The van der Waals surface area contributed by atoms with Crippen molar-refractivity contribution in [2.75, 3.05) is 26.2 Å². The fourth-order valence-electron chi connectivity index (χ4n) is 3.82. The van der Waals surface area contributed by atoms with Crippen molar-refractivity contribution in [3.63, 3.8) is 0 Å². The van der Waals surface area contributed by atoms with E-state index >= 15 is 0 Å². The number of carbonyl (C=O) groups is 1. The van der Waals surface area contributed by atoms with Crippen LogP contribution in [-0.4, -0.2) is 37.0 Å². The number of carbonyl (C=O) groups excluding carboxylic acids is 1. The number of hydrogen-bond donors (Lipinski definition) is 1. The molecule has 0 atom stereocenters. The second kappa shape index (κ2) is 8.52. The standard InChI is InChI=1S/C20H30N2O2/c21-14-16-10-12-22(13-11-16)20(23)18-6-8-19(9-7-18)24-15-17-4-2-1-3-5-17/h6-9,16-17H,1-5,10-15,21H2. The summed E-state index contributed by atoms with van der Waals surface area (Å²) in [5.74, 6) is 2.27. The zero-order valence-electron chi connectivity index (χ0n) is 14.6. The summed E-state index contributed by atoms with van der Waals surface area (Å²) < 4.78 is 5.92. The van der Waals surface area contributed by atoms with Crippen LogP contribution in [0.2, 0.25) is 0 Å². The van der Waals surface area contributed by atoms with Gasteiger partial charge in [0.2, 0.25) is 0 Å². The summed E-state index contributed by atoms with van der Waals surface area (Å²) in [6.45, 7) is 3.18. The molecule has 3 rings (SSSR count). The zero-order valence-corrected chi connectivity index (χ0v) is 14.6. The van der Waals surface area contributed by atoms with E-state index in [1.54, 1.807) is 0 Å². The highest BCUT2D eigenvalue weighted by Crippen LogP contribution is 2.25. The minimum absolute atomic E-state index is 0.129. The Hall–Kier alpha value is -1.55. The molecule has 24 heavy (non-hydrogen) atoms. The number of nitrogens with zero attached hydrogens (tertiary/aromatic N) is 1. The van der Waals surface area contributed by atoms with Crippen molar-refractivity contribution in [3.05, 3.63) is 29.8 Å². The van der Waals surface area contributed by atoms with E-state index in [9.17, 15) is 4.79 Å². The van der Waals surface area contributed by atoms with Crippen molar-refractivity contribution in [1.82, 2.24) is 4.90 Å². The van der Waals surface area contributed by atoms with Gasteiger partial charge in [-0.15, -0.1) is 0 Å². The number of rotatable bonds is 5. The van der Waals surface area contributed by atoms with Gasteiger partial charge < -0.3 is 15.4 Å². The Morgan fingerprint density at radius 2 is 1.67 bits per heavy atom. The summed E-state index contributed by atoms with van der Waals surface area (Å²) in [5.41, 5.74) is 6.47. The molecule has 0 radical (unpaired) electrons. The highest BCUT2D eigenvalue weighted by atomic mass is 16.5. The van der Waals surface area contributed by atoms with Gasteiger partial charge in [-0.3, -0.25) is 4.79 Å². The molecule has 4 heteroatoms. The number of likely N-dealkylation sites (tertiary alicyclic amines) is 1.